The number of carbonyl (C=O) groups is 1. The number of hydrogen-bond donors (Lipinski definition) is 4. The van der Waals surface area contributed by atoms with Gasteiger partial charge in [0.15, 0.2) is 6.29 Å². The van der Waals surface area contributed by atoms with E-state index < -0.39 is 59.8 Å². The van der Waals surface area contributed by atoms with Gasteiger partial charge in [-0.2, -0.15) is 8.42 Å². The van der Waals surface area contributed by atoms with E-state index in [4.69, 9.17) is 23.5 Å². The maximum absolute atomic E-state index is 12.8. The zero-order valence-electron chi connectivity index (χ0n) is 34.2. The Morgan fingerprint density at radius 3 is 1.65 bits per heavy atom. The van der Waals surface area contributed by atoms with Crippen molar-refractivity contribution in [3.63, 3.8) is 0 Å². The first-order valence-corrected chi connectivity index (χ1v) is 23.0. The Bertz CT molecular complexity index is 1070. The minimum atomic E-state index is -5.06. The van der Waals surface area contributed by atoms with Gasteiger partial charge in [-0.25, -0.2) is 4.18 Å². The molecule has 0 aliphatic carbocycles. The second kappa shape index (κ2) is 34.6. The Labute approximate surface area is 333 Å². The van der Waals surface area contributed by atoms with Crippen LogP contribution in [0.5, 0.6) is 0 Å². The number of carbonyl (C=O) groups excluding carboxylic acids is 1. The average Bonchev–Trinajstić information content (AvgIpc) is 3.15. The number of allylic oxidation sites excluding steroid dienone is 4. The summed E-state index contributed by atoms with van der Waals surface area (Å²) in [4.78, 5) is 12.8. The summed E-state index contributed by atoms with van der Waals surface area (Å²) in [5, 5.41) is 30.6. The summed E-state index contributed by atoms with van der Waals surface area (Å²) in [6.07, 6.45) is 27.8. The Morgan fingerprint density at radius 2 is 1.15 bits per heavy atom. The third-order valence-corrected chi connectivity index (χ3v) is 10.3. The quantitative estimate of drug-likeness (QED) is 0.0204. The molecule has 55 heavy (non-hydrogen) atoms. The number of unbranched alkanes of at least 4 members (excludes halogenated alkanes) is 20. The second-order valence-electron chi connectivity index (χ2n) is 14.9. The number of aliphatic hydroxyl groups excluding tert-OH is 3. The molecule has 0 radical (unpaired) electrons. The predicted molar refractivity (Wildman–Crippen MR) is 216 cm³/mol. The maximum Gasteiger partial charge on any atom is 0.397 e. The lowest BCUT2D eigenvalue weighted by atomic mass is 9.99. The fraction of sp³-hybridized carbons (Fsp3) is 0.881. The predicted octanol–water partition coefficient (Wildman–Crippen LogP) is 8.46. The van der Waals surface area contributed by atoms with Gasteiger partial charge in [-0.1, -0.05) is 128 Å². The molecule has 1 aliphatic heterocycles. The Kier molecular flexibility index (Phi) is 32.5. The lowest BCUT2D eigenvalue weighted by Crippen LogP contribution is -2.60. The normalized spacial score (nSPS) is 21.2. The number of hydrogen-bond acceptors (Lipinski definition) is 11. The van der Waals surface area contributed by atoms with Crippen LogP contribution < -0.4 is 0 Å². The molecule has 0 aromatic rings. The summed E-state index contributed by atoms with van der Waals surface area (Å²) in [6.45, 7) is 3.94. The lowest BCUT2D eigenvalue weighted by molar-refractivity contribution is -0.301. The zero-order valence-corrected chi connectivity index (χ0v) is 35.1. The Balaban J connectivity index is 2.47. The zero-order chi connectivity index (χ0) is 40.4. The molecule has 324 valence electrons. The van der Waals surface area contributed by atoms with E-state index in [1.54, 1.807) is 0 Å². The summed E-state index contributed by atoms with van der Waals surface area (Å²) in [6, 6.07) is 0. The van der Waals surface area contributed by atoms with Crippen LogP contribution in [0.3, 0.4) is 0 Å². The van der Waals surface area contributed by atoms with Gasteiger partial charge in [-0.3, -0.25) is 9.35 Å². The van der Waals surface area contributed by atoms with Gasteiger partial charge in [-0.05, 0) is 64.2 Å². The fourth-order valence-electron chi connectivity index (χ4n) is 6.48. The van der Waals surface area contributed by atoms with Gasteiger partial charge in [0.25, 0.3) is 0 Å². The molecule has 0 bridgehead atoms. The Hall–Kier alpha value is -1.42. The van der Waals surface area contributed by atoms with Crippen molar-refractivity contribution in [1.29, 1.82) is 0 Å². The molecule has 1 aliphatic rings. The van der Waals surface area contributed by atoms with Crippen LogP contribution in [0.4, 0.5) is 0 Å². The second-order valence-corrected chi connectivity index (χ2v) is 16.0. The van der Waals surface area contributed by atoms with Gasteiger partial charge in [0.2, 0.25) is 0 Å². The van der Waals surface area contributed by atoms with Crippen molar-refractivity contribution in [3.8, 4) is 0 Å². The Morgan fingerprint density at radius 1 is 0.673 bits per heavy atom. The van der Waals surface area contributed by atoms with Crippen molar-refractivity contribution in [2.75, 3.05) is 26.4 Å². The van der Waals surface area contributed by atoms with E-state index in [9.17, 15) is 28.5 Å². The number of esters is 1. The molecule has 0 aromatic carbocycles. The van der Waals surface area contributed by atoms with Crippen LogP contribution in [0.1, 0.15) is 174 Å². The van der Waals surface area contributed by atoms with Crippen LogP contribution in [0.15, 0.2) is 24.3 Å². The van der Waals surface area contributed by atoms with E-state index in [0.29, 0.717) is 13.0 Å². The highest BCUT2D eigenvalue weighted by Gasteiger charge is 2.48. The van der Waals surface area contributed by atoms with Crippen LogP contribution in [-0.2, 0) is 38.3 Å². The van der Waals surface area contributed by atoms with Gasteiger partial charge in [0.05, 0.1) is 19.8 Å². The van der Waals surface area contributed by atoms with E-state index in [1.165, 1.54) is 83.5 Å². The van der Waals surface area contributed by atoms with Crippen molar-refractivity contribution in [1.82, 2.24) is 0 Å². The van der Waals surface area contributed by atoms with Crippen molar-refractivity contribution in [2.24, 2.45) is 0 Å². The van der Waals surface area contributed by atoms with Crippen LogP contribution in [0.25, 0.3) is 0 Å². The standard InChI is InChI=1S/C42H78O12S/c1-3-5-7-9-11-13-15-17-18-20-22-24-26-28-30-32-50-34-36(35-51-42-40(46)41(54-55(47,48)49)39(45)37(33-43)53-42)52-38(44)31-29-27-25-23-21-19-16-14-12-10-8-6-4-2/h14-17,36-37,39-43,45-46H,3-13,18-35H2,1-2H3,(H,47,48,49)/b16-14-,17-15-. The molecule has 1 heterocycles. The van der Waals surface area contributed by atoms with Gasteiger partial charge >= 0.3 is 16.4 Å². The number of aliphatic hydroxyl groups is 3. The SMILES string of the molecule is CCCCCC/C=C\CCCCCCCC(=O)OC(COCCCCCCCC/C=C\CCCCCCC)COC1OC(CO)C(O)C(OS(=O)(=O)O)C1O. The molecule has 4 N–H and O–H groups in total. The summed E-state index contributed by atoms with van der Waals surface area (Å²) < 4.78 is 58.9. The van der Waals surface area contributed by atoms with Gasteiger partial charge in [0.1, 0.15) is 30.5 Å². The summed E-state index contributed by atoms with van der Waals surface area (Å²) in [5.41, 5.74) is 0. The summed E-state index contributed by atoms with van der Waals surface area (Å²) in [7, 11) is -5.06. The molecule has 12 nitrogen and oxygen atoms in total. The monoisotopic (exact) mass is 807 g/mol. The first-order chi connectivity index (χ1) is 26.6. The highest BCUT2D eigenvalue weighted by molar-refractivity contribution is 7.80. The van der Waals surface area contributed by atoms with Crippen LogP contribution in [0.2, 0.25) is 0 Å². The van der Waals surface area contributed by atoms with Crippen molar-refractivity contribution in [2.45, 2.75) is 211 Å². The first kappa shape index (κ1) is 51.6. The largest absolute Gasteiger partial charge is 0.457 e. The highest BCUT2D eigenvalue weighted by Crippen LogP contribution is 2.26. The molecule has 6 atom stereocenters. The fourth-order valence-corrected chi connectivity index (χ4v) is 6.99. The number of ether oxygens (including phenoxy) is 4. The first-order valence-electron chi connectivity index (χ1n) is 21.6. The smallest absolute Gasteiger partial charge is 0.397 e. The van der Waals surface area contributed by atoms with E-state index in [0.717, 1.165) is 64.2 Å². The molecule has 0 amide bonds. The average molecular weight is 807 g/mol. The molecular weight excluding hydrogens is 729 g/mol. The van der Waals surface area contributed by atoms with Crippen molar-refractivity contribution < 1.29 is 56.2 Å². The molecular formula is C42H78O12S. The van der Waals surface area contributed by atoms with Crippen LogP contribution in [0, 0.1) is 0 Å². The van der Waals surface area contributed by atoms with E-state index in [-0.39, 0.29) is 19.6 Å². The topological polar surface area (TPSA) is 178 Å². The third-order valence-electron chi connectivity index (χ3n) is 9.80. The summed E-state index contributed by atoms with van der Waals surface area (Å²) in [5.74, 6) is -0.411. The van der Waals surface area contributed by atoms with Gasteiger partial charge in [0, 0.05) is 13.0 Å². The highest BCUT2D eigenvalue weighted by atomic mass is 32.3. The maximum atomic E-state index is 12.8. The molecule has 6 unspecified atom stereocenters. The molecule has 0 aromatic heterocycles. The minimum Gasteiger partial charge on any atom is -0.457 e. The molecule has 13 heteroatoms. The molecule has 0 spiro atoms. The number of rotatable bonds is 37. The van der Waals surface area contributed by atoms with E-state index >= 15 is 0 Å². The minimum absolute atomic E-state index is 0.0304. The molecule has 1 fully saturated rings. The van der Waals surface area contributed by atoms with Crippen LogP contribution >= 0.6 is 0 Å². The van der Waals surface area contributed by atoms with Gasteiger partial charge in [-0.15, -0.1) is 0 Å². The molecule has 1 rings (SSSR count). The van der Waals surface area contributed by atoms with Gasteiger partial charge < -0.3 is 34.3 Å². The van der Waals surface area contributed by atoms with Crippen LogP contribution in [-0.4, -0.2) is 97.5 Å². The molecule has 1 saturated heterocycles. The molecule has 0 saturated carbocycles. The third kappa shape index (κ3) is 28.6. The van der Waals surface area contributed by atoms with Crippen molar-refractivity contribution >= 4 is 16.4 Å². The van der Waals surface area contributed by atoms with E-state index in [1.807, 2.05) is 0 Å². The summed E-state index contributed by atoms with van der Waals surface area (Å²) >= 11 is 0. The van der Waals surface area contributed by atoms with E-state index in [2.05, 4.69) is 42.3 Å². The lowest BCUT2D eigenvalue weighted by Gasteiger charge is -2.41. The van der Waals surface area contributed by atoms with Crippen molar-refractivity contribution in [3.05, 3.63) is 24.3 Å².